The number of carboxylic acids is 1. The summed E-state index contributed by atoms with van der Waals surface area (Å²) >= 11 is 1.85. The Hall–Kier alpha value is -1.63. The highest BCUT2D eigenvalue weighted by atomic mass is 32.2. The fourth-order valence-corrected chi connectivity index (χ4v) is 2.24. The molecule has 21 heavy (non-hydrogen) atoms. The van der Waals surface area contributed by atoms with Crippen molar-refractivity contribution in [1.29, 1.82) is 0 Å². The minimum Gasteiger partial charge on any atom is -0.475 e. The van der Waals surface area contributed by atoms with E-state index in [0.717, 1.165) is 12.8 Å². The Labute approximate surface area is 128 Å². The maximum absolute atomic E-state index is 11.5. The predicted octanol–water partition coefficient (Wildman–Crippen LogP) is 2.70. The molecule has 1 rings (SSSR count). The number of urea groups is 1. The third-order valence-electron chi connectivity index (χ3n) is 2.86. The van der Waals surface area contributed by atoms with Gasteiger partial charge in [-0.15, -0.1) is 0 Å². The molecule has 1 aromatic heterocycles. The van der Waals surface area contributed by atoms with Crippen LogP contribution in [0.15, 0.2) is 16.5 Å². The van der Waals surface area contributed by atoms with Crippen molar-refractivity contribution in [3.63, 3.8) is 0 Å². The van der Waals surface area contributed by atoms with Crippen LogP contribution in [0.5, 0.6) is 0 Å². The SMILES string of the molecule is CSCCCCCCNC(=O)NCc1ccc(C(=O)O)o1. The number of amides is 2. The van der Waals surface area contributed by atoms with Gasteiger partial charge >= 0.3 is 12.0 Å². The van der Waals surface area contributed by atoms with Gasteiger partial charge in [0.25, 0.3) is 0 Å². The lowest BCUT2D eigenvalue weighted by molar-refractivity contribution is 0.0660. The lowest BCUT2D eigenvalue weighted by Crippen LogP contribution is -2.35. The van der Waals surface area contributed by atoms with Crippen molar-refractivity contribution in [2.45, 2.75) is 32.2 Å². The summed E-state index contributed by atoms with van der Waals surface area (Å²) < 4.78 is 5.03. The quantitative estimate of drug-likeness (QED) is 0.578. The maximum atomic E-state index is 11.5. The predicted molar refractivity (Wildman–Crippen MR) is 82.8 cm³/mol. The van der Waals surface area contributed by atoms with Crippen molar-refractivity contribution < 1.29 is 19.1 Å². The first kappa shape index (κ1) is 17.4. The number of rotatable bonds is 10. The molecule has 0 saturated carbocycles. The van der Waals surface area contributed by atoms with E-state index in [1.165, 1.54) is 30.7 Å². The molecule has 0 aromatic carbocycles. The van der Waals surface area contributed by atoms with Crippen LogP contribution in [0.2, 0.25) is 0 Å². The number of unbranched alkanes of at least 4 members (excludes halogenated alkanes) is 3. The third kappa shape index (κ3) is 7.65. The molecular weight excluding hydrogens is 292 g/mol. The van der Waals surface area contributed by atoms with Crippen LogP contribution in [0, 0.1) is 0 Å². The molecule has 3 N–H and O–H groups in total. The van der Waals surface area contributed by atoms with Crippen LogP contribution in [-0.4, -0.2) is 35.7 Å². The summed E-state index contributed by atoms with van der Waals surface area (Å²) in [5.41, 5.74) is 0. The largest absolute Gasteiger partial charge is 0.475 e. The van der Waals surface area contributed by atoms with E-state index in [-0.39, 0.29) is 18.3 Å². The van der Waals surface area contributed by atoms with Gasteiger partial charge in [-0.05, 0) is 37.0 Å². The van der Waals surface area contributed by atoms with E-state index in [0.29, 0.717) is 12.3 Å². The number of carbonyl (C=O) groups excluding carboxylic acids is 1. The average molecular weight is 314 g/mol. The summed E-state index contributed by atoms with van der Waals surface area (Å²) in [5, 5.41) is 14.1. The minimum absolute atomic E-state index is 0.127. The molecule has 0 aliphatic carbocycles. The van der Waals surface area contributed by atoms with Gasteiger partial charge in [-0.2, -0.15) is 11.8 Å². The van der Waals surface area contributed by atoms with Gasteiger partial charge in [-0.1, -0.05) is 12.8 Å². The first-order valence-electron chi connectivity index (χ1n) is 6.96. The van der Waals surface area contributed by atoms with Gasteiger partial charge in [0.2, 0.25) is 5.76 Å². The summed E-state index contributed by atoms with van der Waals surface area (Å²) in [7, 11) is 0. The molecule has 0 fully saturated rings. The number of carbonyl (C=O) groups is 2. The number of hydrogen-bond acceptors (Lipinski definition) is 4. The van der Waals surface area contributed by atoms with Crippen LogP contribution in [0.1, 0.15) is 42.0 Å². The maximum Gasteiger partial charge on any atom is 0.371 e. The second kappa shape index (κ2) is 10.1. The first-order valence-corrected chi connectivity index (χ1v) is 8.35. The van der Waals surface area contributed by atoms with E-state index >= 15 is 0 Å². The Balaban J connectivity index is 2.06. The summed E-state index contributed by atoms with van der Waals surface area (Å²) in [5.74, 6) is 0.360. The van der Waals surface area contributed by atoms with Crippen LogP contribution in [0.4, 0.5) is 4.79 Å². The van der Waals surface area contributed by atoms with E-state index in [1.54, 1.807) is 0 Å². The van der Waals surface area contributed by atoms with Crippen LogP contribution in [0.3, 0.4) is 0 Å². The van der Waals surface area contributed by atoms with Crippen molar-refractivity contribution in [3.05, 3.63) is 23.7 Å². The highest BCUT2D eigenvalue weighted by molar-refractivity contribution is 7.98. The minimum atomic E-state index is -1.12. The Kier molecular flexibility index (Phi) is 8.42. The van der Waals surface area contributed by atoms with Crippen LogP contribution in [-0.2, 0) is 6.54 Å². The highest BCUT2D eigenvalue weighted by Gasteiger charge is 2.09. The van der Waals surface area contributed by atoms with Crippen LogP contribution in [0.25, 0.3) is 0 Å². The summed E-state index contributed by atoms with van der Waals surface area (Å²) in [6, 6.07) is 2.63. The number of aromatic carboxylic acids is 1. The van der Waals surface area contributed by atoms with E-state index in [1.807, 2.05) is 11.8 Å². The Morgan fingerprint density at radius 2 is 1.95 bits per heavy atom. The van der Waals surface area contributed by atoms with Crippen LogP contribution < -0.4 is 10.6 Å². The fraction of sp³-hybridized carbons (Fsp3) is 0.571. The van der Waals surface area contributed by atoms with Crippen molar-refractivity contribution in [2.24, 2.45) is 0 Å². The van der Waals surface area contributed by atoms with E-state index in [2.05, 4.69) is 16.9 Å². The summed E-state index contributed by atoms with van der Waals surface area (Å²) in [6.07, 6.45) is 6.59. The molecule has 0 aliphatic heterocycles. The number of furan rings is 1. The molecule has 1 aromatic rings. The van der Waals surface area contributed by atoms with Crippen molar-refractivity contribution in [2.75, 3.05) is 18.6 Å². The second-order valence-electron chi connectivity index (χ2n) is 4.59. The smallest absolute Gasteiger partial charge is 0.371 e. The molecule has 0 aliphatic rings. The lowest BCUT2D eigenvalue weighted by Gasteiger charge is -2.06. The topological polar surface area (TPSA) is 91.6 Å². The molecule has 0 unspecified atom stereocenters. The van der Waals surface area contributed by atoms with Crippen molar-refractivity contribution >= 4 is 23.8 Å². The molecule has 1 heterocycles. The monoisotopic (exact) mass is 314 g/mol. The van der Waals surface area contributed by atoms with Gasteiger partial charge in [0.15, 0.2) is 0 Å². The zero-order chi connectivity index (χ0) is 15.5. The van der Waals surface area contributed by atoms with E-state index < -0.39 is 5.97 Å². The second-order valence-corrected chi connectivity index (χ2v) is 5.57. The normalized spacial score (nSPS) is 10.3. The molecule has 2 amide bonds. The molecule has 0 radical (unpaired) electrons. The lowest BCUT2D eigenvalue weighted by atomic mass is 10.2. The van der Waals surface area contributed by atoms with E-state index in [4.69, 9.17) is 9.52 Å². The third-order valence-corrected chi connectivity index (χ3v) is 3.55. The molecule has 118 valence electrons. The number of carboxylic acid groups (broad SMARTS) is 1. The number of nitrogens with one attached hydrogen (secondary N) is 2. The molecule has 0 atom stereocenters. The van der Waals surface area contributed by atoms with E-state index in [9.17, 15) is 9.59 Å². The molecule has 0 saturated heterocycles. The van der Waals surface area contributed by atoms with Gasteiger partial charge in [-0.3, -0.25) is 0 Å². The van der Waals surface area contributed by atoms with Crippen molar-refractivity contribution in [1.82, 2.24) is 10.6 Å². The van der Waals surface area contributed by atoms with Gasteiger partial charge < -0.3 is 20.2 Å². The summed E-state index contributed by atoms with van der Waals surface area (Å²) in [4.78, 5) is 22.1. The number of hydrogen-bond donors (Lipinski definition) is 3. The zero-order valence-corrected chi connectivity index (χ0v) is 13.0. The molecular formula is C14H22N2O4S. The first-order chi connectivity index (χ1) is 10.1. The molecule has 0 bridgehead atoms. The molecule has 7 heteroatoms. The fourth-order valence-electron chi connectivity index (χ4n) is 1.74. The zero-order valence-electron chi connectivity index (χ0n) is 12.2. The van der Waals surface area contributed by atoms with Gasteiger partial charge in [0, 0.05) is 6.54 Å². The van der Waals surface area contributed by atoms with Gasteiger partial charge in [0.05, 0.1) is 6.54 Å². The van der Waals surface area contributed by atoms with Gasteiger partial charge in [0.1, 0.15) is 5.76 Å². The Bertz CT molecular complexity index is 448. The molecule has 0 spiro atoms. The van der Waals surface area contributed by atoms with Crippen molar-refractivity contribution in [3.8, 4) is 0 Å². The average Bonchev–Trinajstić information content (AvgIpc) is 2.93. The van der Waals surface area contributed by atoms with Crippen LogP contribution >= 0.6 is 11.8 Å². The standard InChI is InChI=1S/C14H22N2O4S/c1-21-9-5-3-2-4-8-15-14(19)16-10-11-6-7-12(20-11)13(17)18/h6-7H,2-5,8-10H2,1H3,(H,17,18)(H2,15,16,19). The Morgan fingerprint density at radius 1 is 1.19 bits per heavy atom. The summed E-state index contributed by atoms with van der Waals surface area (Å²) in [6.45, 7) is 0.816. The molecule has 6 nitrogen and oxygen atoms in total. The highest BCUT2D eigenvalue weighted by Crippen LogP contribution is 2.07. The Morgan fingerprint density at radius 3 is 2.62 bits per heavy atom. The number of thioether (sulfide) groups is 1. The van der Waals surface area contributed by atoms with Gasteiger partial charge in [-0.25, -0.2) is 9.59 Å².